The molecule has 0 saturated heterocycles. The summed E-state index contributed by atoms with van der Waals surface area (Å²) >= 11 is 0. The first-order chi connectivity index (χ1) is 14.7. The molecule has 0 saturated carbocycles. The maximum absolute atomic E-state index is 9.91. The molecule has 2 aromatic carbocycles. The largest absolute Gasteiger partial charge is 0.494 e. The zero-order valence-corrected chi connectivity index (χ0v) is 16.8. The van der Waals surface area contributed by atoms with E-state index in [1.54, 1.807) is 0 Å². The topological polar surface area (TPSA) is 106 Å². The van der Waals surface area contributed by atoms with Gasteiger partial charge in [-0.25, -0.2) is 0 Å². The monoisotopic (exact) mass is 402 g/mol. The van der Waals surface area contributed by atoms with Crippen molar-refractivity contribution in [2.75, 3.05) is 13.2 Å². The zero-order chi connectivity index (χ0) is 21.1. The number of allylic oxidation sites excluding steroid dienone is 1. The Balaban J connectivity index is 1.94. The molecule has 0 aliphatic carbocycles. The number of nitrogens with two attached hydrogens (primary N) is 1. The molecule has 0 fully saturated rings. The van der Waals surface area contributed by atoms with Gasteiger partial charge in [-0.1, -0.05) is 36.4 Å². The van der Waals surface area contributed by atoms with E-state index in [-0.39, 0.29) is 5.88 Å². The van der Waals surface area contributed by atoms with Crippen LogP contribution in [-0.2, 0) is 0 Å². The first-order valence-corrected chi connectivity index (χ1v) is 9.78. The van der Waals surface area contributed by atoms with Crippen LogP contribution >= 0.6 is 0 Å². The second kappa shape index (κ2) is 8.21. The number of rotatable bonds is 6. The average Bonchev–Trinajstić information content (AvgIpc) is 3.18. The van der Waals surface area contributed by atoms with Crippen molar-refractivity contribution in [3.05, 3.63) is 71.1 Å². The van der Waals surface area contributed by atoms with E-state index in [9.17, 15) is 5.26 Å². The third-order valence-corrected chi connectivity index (χ3v) is 4.91. The summed E-state index contributed by atoms with van der Waals surface area (Å²) < 4.78 is 17.2. The van der Waals surface area contributed by atoms with Crippen LogP contribution in [0, 0.1) is 11.3 Å². The summed E-state index contributed by atoms with van der Waals surface area (Å²) in [4.78, 5) is 0. The fraction of sp³-hybridized carbons (Fsp3) is 0.217. The Hall–Kier alpha value is -3.92. The van der Waals surface area contributed by atoms with Crippen LogP contribution in [0.4, 0.5) is 0 Å². The van der Waals surface area contributed by atoms with Crippen LogP contribution in [-0.4, -0.2) is 23.4 Å². The molecule has 30 heavy (non-hydrogen) atoms. The summed E-state index contributed by atoms with van der Waals surface area (Å²) in [7, 11) is 0. The van der Waals surface area contributed by atoms with Gasteiger partial charge in [-0.3, -0.25) is 5.10 Å². The molecular formula is C23H22N4O3. The van der Waals surface area contributed by atoms with Crippen LogP contribution in [0.5, 0.6) is 17.4 Å². The number of hydrogen-bond acceptors (Lipinski definition) is 6. The molecule has 0 amide bonds. The van der Waals surface area contributed by atoms with Crippen molar-refractivity contribution in [2.24, 2.45) is 5.73 Å². The molecule has 152 valence electrons. The van der Waals surface area contributed by atoms with Gasteiger partial charge in [-0.15, -0.1) is 5.10 Å². The fourth-order valence-corrected chi connectivity index (χ4v) is 3.67. The molecule has 3 N–H and O–H groups in total. The van der Waals surface area contributed by atoms with E-state index in [2.05, 4.69) is 16.3 Å². The number of H-pyrrole nitrogens is 1. The summed E-state index contributed by atoms with van der Waals surface area (Å²) in [6.07, 6.45) is 0. The van der Waals surface area contributed by atoms with Gasteiger partial charge in [-0.05, 0) is 25.5 Å². The third-order valence-electron chi connectivity index (χ3n) is 4.91. The van der Waals surface area contributed by atoms with Gasteiger partial charge in [0, 0.05) is 11.6 Å². The molecule has 3 aromatic rings. The molecule has 0 bridgehead atoms. The second-order valence-electron chi connectivity index (χ2n) is 6.67. The van der Waals surface area contributed by atoms with Gasteiger partial charge in [0.15, 0.2) is 0 Å². The minimum Gasteiger partial charge on any atom is -0.494 e. The maximum atomic E-state index is 9.91. The SMILES string of the molecule is CCOc1ccc([C@@H]2C(C#N)=C(N)Oc3n[nH]c(-c4ccccc4)c32)c(OCC)c1. The highest BCUT2D eigenvalue weighted by molar-refractivity contribution is 5.71. The number of aromatic nitrogens is 2. The number of aromatic amines is 1. The lowest BCUT2D eigenvalue weighted by atomic mass is 9.82. The van der Waals surface area contributed by atoms with Crippen LogP contribution < -0.4 is 19.9 Å². The molecule has 0 spiro atoms. The highest BCUT2D eigenvalue weighted by atomic mass is 16.5. The van der Waals surface area contributed by atoms with E-state index in [1.807, 2.05) is 62.4 Å². The highest BCUT2D eigenvalue weighted by Gasteiger charge is 2.37. The van der Waals surface area contributed by atoms with E-state index in [4.69, 9.17) is 19.9 Å². The fourth-order valence-electron chi connectivity index (χ4n) is 3.67. The Labute approximate surface area is 174 Å². The molecule has 7 nitrogen and oxygen atoms in total. The van der Waals surface area contributed by atoms with Crippen LogP contribution in [0.1, 0.15) is 30.9 Å². The van der Waals surface area contributed by atoms with E-state index >= 15 is 0 Å². The number of nitrogens with one attached hydrogen (secondary N) is 1. The summed E-state index contributed by atoms with van der Waals surface area (Å²) in [6, 6.07) is 17.6. The van der Waals surface area contributed by atoms with E-state index < -0.39 is 5.92 Å². The van der Waals surface area contributed by atoms with Gasteiger partial charge in [0.25, 0.3) is 0 Å². The Morgan fingerprint density at radius 1 is 1.13 bits per heavy atom. The second-order valence-corrected chi connectivity index (χ2v) is 6.67. The van der Waals surface area contributed by atoms with Gasteiger partial charge < -0.3 is 19.9 Å². The van der Waals surface area contributed by atoms with E-state index in [0.717, 1.165) is 22.4 Å². The number of ether oxygens (including phenoxy) is 3. The van der Waals surface area contributed by atoms with Gasteiger partial charge in [-0.2, -0.15) is 5.26 Å². The van der Waals surface area contributed by atoms with Crippen molar-refractivity contribution in [2.45, 2.75) is 19.8 Å². The first kappa shape index (κ1) is 19.4. The van der Waals surface area contributed by atoms with Crippen LogP contribution in [0.3, 0.4) is 0 Å². The smallest absolute Gasteiger partial charge is 0.244 e. The number of nitriles is 1. The number of benzene rings is 2. The maximum Gasteiger partial charge on any atom is 0.244 e. The predicted octanol–water partition coefficient (Wildman–Crippen LogP) is 4.09. The molecule has 1 aromatic heterocycles. The summed E-state index contributed by atoms with van der Waals surface area (Å²) in [5, 5.41) is 17.3. The molecule has 4 rings (SSSR count). The van der Waals surface area contributed by atoms with Gasteiger partial charge in [0.05, 0.1) is 30.4 Å². The number of nitrogens with zero attached hydrogens (tertiary/aromatic N) is 2. The van der Waals surface area contributed by atoms with Crippen molar-refractivity contribution < 1.29 is 14.2 Å². The molecule has 2 heterocycles. The van der Waals surface area contributed by atoms with E-state index in [1.165, 1.54) is 0 Å². The summed E-state index contributed by atoms with van der Waals surface area (Å²) in [5.41, 5.74) is 9.65. The van der Waals surface area contributed by atoms with Crippen molar-refractivity contribution in [1.29, 1.82) is 5.26 Å². The summed E-state index contributed by atoms with van der Waals surface area (Å²) in [5.74, 6) is 1.22. The lowest BCUT2D eigenvalue weighted by Crippen LogP contribution is -2.21. The molecule has 0 unspecified atom stereocenters. The number of fused-ring (bicyclic) bond motifs is 1. The highest BCUT2D eigenvalue weighted by Crippen LogP contribution is 2.48. The van der Waals surface area contributed by atoms with Gasteiger partial charge in [0.1, 0.15) is 23.1 Å². The molecule has 7 heteroatoms. The van der Waals surface area contributed by atoms with Crippen molar-refractivity contribution >= 4 is 0 Å². The minimum absolute atomic E-state index is 0.0393. The molecule has 0 radical (unpaired) electrons. The average molecular weight is 402 g/mol. The predicted molar refractivity (Wildman–Crippen MR) is 112 cm³/mol. The Kier molecular flexibility index (Phi) is 5.31. The van der Waals surface area contributed by atoms with Gasteiger partial charge in [0.2, 0.25) is 11.8 Å². The Bertz CT molecular complexity index is 1130. The molecular weight excluding hydrogens is 380 g/mol. The first-order valence-electron chi connectivity index (χ1n) is 9.78. The Morgan fingerprint density at radius 2 is 1.90 bits per heavy atom. The van der Waals surface area contributed by atoms with Gasteiger partial charge >= 0.3 is 0 Å². The van der Waals surface area contributed by atoms with Crippen molar-refractivity contribution in [3.63, 3.8) is 0 Å². The van der Waals surface area contributed by atoms with Crippen LogP contribution in [0.25, 0.3) is 11.3 Å². The Morgan fingerprint density at radius 3 is 2.60 bits per heavy atom. The normalized spacial score (nSPS) is 15.2. The molecule has 1 atom stereocenters. The standard InChI is InChI=1S/C23H22N4O3/c1-3-28-15-10-11-16(18(12-15)29-4-2)19-17(13-24)22(25)30-23-20(19)21(26-27-23)14-8-6-5-7-9-14/h5-12,19H,3-4,25H2,1-2H3,(H,26,27)/t19-/m1/s1. The molecule has 1 aliphatic heterocycles. The van der Waals surface area contributed by atoms with Crippen molar-refractivity contribution in [1.82, 2.24) is 10.2 Å². The quantitative estimate of drug-likeness (QED) is 0.643. The molecule has 1 aliphatic rings. The lowest BCUT2D eigenvalue weighted by Gasteiger charge is -2.26. The van der Waals surface area contributed by atoms with Crippen molar-refractivity contribution in [3.8, 4) is 34.7 Å². The van der Waals surface area contributed by atoms with Crippen LogP contribution in [0.2, 0.25) is 0 Å². The zero-order valence-electron chi connectivity index (χ0n) is 16.8. The third kappa shape index (κ3) is 3.33. The minimum atomic E-state index is -0.495. The lowest BCUT2D eigenvalue weighted by molar-refractivity contribution is 0.319. The van der Waals surface area contributed by atoms with E-state index in [0.29, 0.717) is 36.2 Å². The number of hydrogen-bond donors (Lipinski definition) is 2. The summed E-state index contributed by atoms with van der Waals surface area (Å²) in [6.45, 7) is 4.85. The van der Waals surface area contributed by atoms with Crippen LogP contribution in [0.15, 0.2) is 60.0 Å².